The topological polar surface area (TPSA) is 12.5 Å². The summed E-state index contributed by atoms with van der Waals surface area (Å²) in [6, 6.07) is 0. The van der Waals surface area contributed by atoms with Crippen molar-refractivity contribution in [3.8, 4) is 0 Å². The Kier molecular flexibility index (Phi) is 4.67. The van der Waals surface area contributed by atoms with Crippen molar-refractivity contribution in [3.63, 3.8) is 0 Å². The molecule has 1 rings (SSSR count). The van der Waals surface area contributed by atoms with Crippen LogP contribution in [0.25, 0.3) is 0 Å². The highest BCUT2D eigenvalue weighted by Gasteiger charge is 2.36. The average molecular weight is 170 g/mol. The van der Waals surface area contributed by atoms with Crippen LogP contribution in [0, 0.1) is 0 Å². The molecule has 0 radical (unpaired) electrons. The van der Waals surface area contributed by atoms with Gasteiger partial charge in [-0.25, -0.2) is 0 Å². The molecule has 0 aliphatic carbocycles. The van der Waals surface area contributed by atoms with E-state index in [2.05, 4.69) is 13.8 Å². The number of epoxide rings is 1. The Hall–Kier alpha value is -0.0400. The van der Waals surface area contributed by atoms with Crippen molar-refractivity contribution in [1.29, 1.82) is 0 Å². The number of hydrogen-bond acceptors (Lipinski definition) is 1. The predicted molar refractivity (Wildman–Crippen MR) is 52.3 cm³/mol. The summed E-state index contributed by atoms with van der Waals surface area (Å²) in [5.74, 6) is 0. The first-order chi connectivity index (χ1) is 5.88. The van der Waals surface area contributed by atoms with E-state index in [1.54, 1.807) is 0 Å². The number of unbranched alkanes of at least 4 members (excludes halogenated alkanes) is 3. The fraction of sp³-hybridized carbons (Fsp3) is 1.00. The Balaban J connectivity index is 1.83. The van der Waals surface area contributed by atoms with Crippen LogP contribution in [0.5, 0.6) is 0 Å². The molecule has 1 heterocycles. The van der Waals surface area contributed by atoms with Crippen LogP contribution in [0.3, 0.4) is 0 Å². The van der Waals surface area contributed by atoms with Gasteiger partial charge in [0.1, 0.15) is 0 Å². The zero-order chi connectivity index (χ0) is 8.81. The van der Waals surface area contributed by atoms with Gasteiger partial charge in [0.2, 0.25) is 0 Å². The predicted octanol–water partition coefficient (Wildman–Crippen LogP) is 3.52. The molecule has 12 heavy (non-hydrogen) atoms. The van der Waals surface area contributed by atoms with Crippen molar-refractivity contribution in [3.05, 3.63) is 0 Å². The van der Waals surface area contributed by atoms with Crippen molar-refractivity contribution in [2.45, 2.75) is 71.0 Å². The summed E-state index contributed by atoms with van der Waals surface area (Å²) >= 11 is 0. The maximum atomic E-state index is 5.54. The third-order valence-electron chi connectivity index (χ3n) is 2.60. The quantitative estimate of drug-likeness (QED) is 0.420. The second-order valence-electron chi connectivity index (χ2n) is 3.85. The van der Waals surface area contributed by atoms with E-state index in [0.29, 0.717) is 12.2 Å². The average Bonchev–Trinajstić information content (AvgIpc) is 2.79. The highest BCUT2D eigenvalue weighted by atomic mass is 16.6. The van der Waals surface area contributed by atoms with Crippen LogP contribution in [0.1, 0.15) is 58.8 Å². The SMILES string of the molecule is CCCCCCC1OC1CCC. The first-order valence-electron chi connectivity index (χ1n) is 5.54. The lowest BCUT2D eigenvalue weighted by molar-refractivity contribution is 0.351. The van der Waals surface area contributed by atoms with E-state index in [1.165, 1.54) is 44.9 Å². The zero-order valence-corrected chi connectivity index (χ0v) is 8.51. The normalized spacial score (nSPS) is 27.5. The lowest BCUT2D eigenvalue weighted by Crippen LogP contribution is -1.93. The van der Waals surface area contributed by atoms with E-state index in [9.17, 15) is 0 Å². The number of hydrogen-bond donors (Lipinski definition) is 0. The molecular weight excluding hydrogens is 148 g/mol. The molecule has 1 nitrogen and oxygen atoms in total. The highest BCUT2D eigenvalue weighted by molar-refractivity contribution is 4.83. The van der Waals surface area contributed by atoms with Crippen LogP contribution in [0.15, 0.2) is 0 Å². The van der Waals surface area contributed by atoms with Gasteiger partial charge >= 0.3 is 0 Å². The molecule has 0 aromatic heterocycles. The van der Waals surface area contributed by atoms with Gasteiger partial charge in [0, 0.05) is 0 Å². The molecule has 0 aromatic rings. The second-order valence-corrected chi connectivity index (χ2v) is 3.85. The molecule has 1 aliphatic heterocycles. The lowest BCUT2D eigenvalue weighted by atomic mass is 10.1. The van der Waals surface area contributed by atoms with E-state index in [-0.39, 0.29) is 0 Å². The number of rotatable bonds is 7. The molecule has 1 fully saturated rings. The van der Waals surface area contributed by atoms with E-state index in [0.717, 1.165) is 0 Å². The fourth-order valence-corrected chi connectivity index (χ4v) is 1.74. The summed E-state index contributed by atoms with van der Waals surface area (Å²) in [6.45, 7) is 4.49. The van der Waals surface area contributed by atoms with Crippen LogP contribution in [0.2, 0.25) is 0 Å². The first kappa shape index (κ1) is 10.0. The maximum Gasteiger partial charge on any atom is 0.0841 e. The molecule has 0 amide bonds. The zero-order valence-electron chi connectivity index (χ0n) is 8.51. The van der Waals surface area contributed by atoms with E-state index in [1.807, 2.05) is 0 Å². The minimum absolute atomic E-state index is 0.636. The van der Waals surface area contributed by atoms with E-state index >= 15 is 0 Å². The minimum atomic E-state index is 0.636. The molecule has 2 atom stereocenters. The molecular formula is C11H22O. The lowest BCUT2D eigenvalue weighted by Gasteiger charge is -1.95. The van der Waals surface area contributed by atoms with Crippen molar-refractivity contribution in [2.24, 2.45) is 0 Å². The van der Waals surface area contributed by atoms with Gasteiger partial charge in [-0.1, -0.05) is 46.0 Å². The summed E-state index contributed by atoms with van der Waals surface area (Å²) in [4.78, 5) is 0. The van der Waals surface area contributed by atoms with Crippen molar-refractivity contribution < 1.29 is 4.74 Å². The van der Waals surface area contributed by atoms with Crippen LogP contribution < -0.4 is 0 Å². The summed E-state index contributed by atoms with van der Waals surface area (Å²) in [7, 11) is 0. The second kappa shape index (κ2) is 5.58. The minimum Gasteiger partial charge on any atom is -0.370 e. The Morgan fingerprint density at radius 1 is 0.833 bits per heavy atom. The summed E-state index contributed by atoms with van der Waals surface area (Å²) in [6.07, 6.45) is 10.6. The summed E-state index contributed by atoms with van der Waals surface area (Å²) in [5, 5.41) is 0. The molecule has 1 aliphatic rings. The molecule has 1 saturated heterocycles. The summed E-state index contributed by atoms with van der Waals surface area (Å²) < 4.78 is 5.54. The Labute approximate surface area is 76.5 Å². The fourth-order valence-electron chi connectivity index (χ4n) is 1.74. The van der Waals surface area contributed by atoms with E-state index in [4.69, 9.17) is 4.74 Å². The van der Waals surface area contributed by atoms with Crippen molar-refractivity contribution >= 4 is 0 Å². The molecule has 72 valence electrons. The van der Waals surface area contributed by atoms with Gasteiger partial charge in [-0.15, -0.1) is 0 Å². The monoisotopic (exact) mass is 170 g/mol. The molecule has 0 spiro atoms. The molecule has 2 unspecified atom stereocenters. The van der Waals surface area contributed by atoms with E-state index < -0.39 is 0 Å². The van der Waals surface area contributed by atoms with Crippen molar-refractivity contribution in [1.82, 2.24) is 0 Å². The maximum absolute atomic E-state index is 5.54. The van der Waals surface area contributed by atoms with Crippen molar-refractivity contribution in [2.75, 3.05) is 0 Å². The Morgan fingerprint density at radius 3 is 2.25 bits per heavy atom. The van der Waals surface area contributed by atoms with Gasteiger partial charge in [0.25, 0.3) is 0 Å². The molecule has 0 saturated carbocycles. The van der Waals surface area contributed by atoms with Gasteiger partial charge in [-0.3, -0.25) is 0 Å². The largest absolute Gasteiger partial charge is 0.370 e. The van der Waals surface area contributed by atoms with Gasteiger partial charge in [-0.05, 0) is 12.8 Å². The van der Waals surface area contributed by atoms with Crippen LogP contribution in [-0.4, -0.2) is 12.2 Å². The Bertz CT molecular complexity index is 112. The van der Waals surface area contributed by atoms with Gasteiger partial charge < -0.3 is 4.74 Å². The molecule has 0 bridgehead atoms. The van der Waals surface area contributed by atoms with Crippen LogP contribution in [-0.2, 0) is 4.74 Å². The number of ether oxygens (including phenoxy) is 1. The smallest absolute Gasteiger partial charge is 0.0841 e. The molecule has 0 N–H and O–H groups in total. The summed E-state index contributed by atoms with van der Waals surface area (Å²) in [5.41, 5.74) is 0. The van der Waals surface area contributed by atoms with Gasteiger partial charge in [0.15, 0.2) is 0 Å². The highest BCUT2D eigenvalue weighted by Crippen LogP contribution is 2.30. The molecule has 0 aromatic carbocycles. The van der Waals surface area contributed by atoms with Gasteiger partial charge in [0.05, 0.1) is 12.2 Å². The van der Waals surface area contributed by atoms with Crippen LogP contribution in [0.4, 0.5) is 0 Å². The third kappa shape index (κ3) is 3.57. The Morgan fingerprint density at radius 2 is 1.58 bits per heavy atom. The van der Waals surface area contributed by atoms with Gasteiger partial charge in [-0.2, -0.15) is 0 Å². The standard InChI is InChI=1S/C11H22O/c1-3-5-6-7-9-11-10(12-11)8-4-2/h10-11H,3-9H2,1-2H3. The first-order valence-corrected chi connectivity index (χ1v) is 5.54. The third-order valence-corrected chi connectivity index (χ3v) is 2.60. The molecule has 1 heteroatoms. The van der Waals surface area contributed by atoms with Crippen LogP contribution >= 0.6 is 0 Å².